The molecule has 2 heterocycles. The van der Waals surface area contributed by atoms with Crippen LogP contribution in [0.15, 0.2) is 24.3 Å². The van der Waals surface area contributed by atoms with Gasteiger partial charge in [0.1, 0.15) is 16.9 Å². The molecule has 132 valence electrons. The highest BCUT2D eigenvalue weighted by molar-refractivity contribution is 6.10. The van der Waals surface area contributed by atoms with E-state index in [2.05, 4.69) is 12.2 Å². The average Bonchev–Trinajstić information content (AvgIpc) is 2.89. The summed E-state index contributed by atoms with van der Waals surface area (Å²) in [4.78, 5) is 22.1. The Bertz CT molecular complexity index is 900. The third-order valence-corrected chi connectivity index (χ3v) is 4.34. The molecule has 3 rings (SSSR count). The predicted octanol–water partition coefficient (Wildman–Crippen LogP) is 3.50. The van der Waals surface area contributed by atoms with Crippen LogP contribution in [0.1, 0.15) is 49.9 Å². The van der Waals surface area contributed by atoms with Crippen molar-refractivity contribution in [2.24, 2.45) is 0 Å². The Morgan fingerprint density at radius 3 is 2.52 bits per heavy atom. The topological polar surface area (TPSA) is 85.8 Å². The Morgan fingerprint density at radius 2 is 1.84 bits per heavy atom. The number of aromatic nitrogens is 3. The molecule has 6 heteroatoms. The van der Waals surface area contributed by atoms with Crippen LogP contribution in [0.3, 0.4) is 0 Å². The molecular formula is C19H25N5O. The molecule has 0 radical (unpaired) electrons. The lowest BCUT2D eigenvalue weighted by molar-refractivity contribution is 0.0956. The van der Waals surface area contributed by atoms with Gasteiger partial charge < -0.3 is 15.6 Å². The van der Waals surface area contributed by atoms with Gasteiger partial charge in [0.2, 0.25) is 0 Å². The number of nitrogens with one attached hydrogen (secondary N) is 1. The van der Waals surface area contributed by atoms with Crippen LogP contribution in [-0.2, 0) is 6.54 Å². The number of para-hydroxylation sites is 2. The molecule has 0 saturated carbocycles. The minimum atomic E-state index is -0.178. The number of amides is 1. The Kier molecular flexibility index (Phi) is 5.16. The SMILES string of the molecule is CCCCCn1c(N)c(C(=O)NCCC)c2nc3ccccc3nc21. The Hall–Kier alpha value is -2.63. The lowest BCUT2D eigenvalue weighted by Gasteiger charge is -2.07. The highest BCUT2D eigenvalue weighted by Crippen LogP contribution is 2.28. The van der Waals surface area contributed by atoms with Gasteiger partial charge in [0, 0.05) is 13.1 Å². The van der Waals surface area contributed by atoms with E-state index in [9.17, 15) is 4.79 Å². The number of nitrogens with zero attached hydrogens (tertiary/aromatic N) is 3. The molecule has 0 atom stereocenters. The molecule has 0 aliphatic heterocycles. The van der Waals surface area contributed by atoms with Crippen LogP contribution < -0.4 is 11.1 Å². The van der Waals surface area contributed by atoms with Gasteiger partial charge in [-0.2, -0.15) is 0 Å². The summed E-state index contributed by atoms with van der Waals surface area (Å²) in [5.41, 5.74) is 9.65. The number of aryl methyl sites for hydroxylation is 1. The number of benzene rings is 1. The maximum Gasteiger partial charge on any atom is 0.257 e. The zero-order chi connectivity index (χ0) is 17.8. The van der Waals surface area contributed by atoms with E-state index in [1.165, 1.54) is 0 Å². The van der Waals surface area contributed by atoms with Crippen molar-refractivity contribution in [3.05, 3.63) is 29.8 Å². The van der Waals surface area contributed by atoms with Crippen molar-refractivity contribution in [1.29, 1.82) is 0 Å². The molecule has 0 unspecified atom stereocenters. The lowest BCUT2D eigenvalue weighted by Crippen LogP contribution is -2.25. The van der Waals surface area contributed by atoms with Crippen molar-refractivity contribution in [2.75, 3.05) is 12.3 Å². The molecule has 1 aromatic carbocycles. The average molecular weight is 339 g/mol. The molecule has 0 saturated heterocycles. The number of carbonyl (C=O) groups is 1. The first-order chi connectivity index (χ1) is 12.2. The number of unbranched alkanes of at least 4 members (excludes halogenated alkanes) is 2. The third kappa shape index (κ3) is 3.29. The van der Waals surface area contributed by atoms with Crippen LogP contribution >= 0.6 is 0 Å². The van der Waals surface area contributed by atoms with E-state index in [1.54, 1.807) is 0 Å². The summed E-state index contributed by atoms with van der Waals surface area (Å²) in [6.07, 6.45) is 4.10. The zero-order valence-electron chi connectivity index (χ0n) is 14.9. The number of nitrogen functional groups attached to an aromatic ring is 1. The largest absolute Gasteiger partial charge is 0.384 e. The minimum Gasteiger partial charge on any atom is -0.384 e. The second-order valence-electron chi connectivity index (χ2n) is 6.26. The van der Waals surface area contributed by atoms with E-state index in [1.807, 2.05) is 35.8 Å². The van der Waals surface area contributed by atoms with Gasteiger partial charge in [0.25, 0.3) is 5.91 Å². The van der Waals surface area contributed by atoms with E-state index < -0.39 is 0 Å². The molecule has 3 N–H and O–H groups in total. The monoisotopic (exact) mass is 339 g/mol. The highest BCUT2D eigenvalue weighted by atomic mass is 16.1. The van der Waals surface area contributed by atoms with Crippen LogP contribution in [0.25, 0.3) is 22.2 Å². The van der Waals surface area contributed by atoms with Crippen molar-refractivity contribution in [3.8, 4) is 0 Å². The lowest BCUT2D eigenvalue weighted by atomic mass is 10.2. The zero-order valence-corrected chi connectivity index (χ0v) is 14.9. The molecule has 25 heavy (non-hydrogen) atoms. The Balaban J connectivity index is 2.17. The van der Waals surface area contributed by atoms with Gasteiger partial charge in [-0.3, -0.25) is 4.79 Å². The molecule has 6 nitrogen and oxygen atoms in total. The number of hydrogen-bond donors (Lipinski definition) is 2. The molecule has 0 spiro atoms. The first kappa shape index (κ1) is 17.2. The molecule has 3 aromatic rings. The smallest absolute Gasteiger partial charge is 0.257 e. The van der Waals surface area contributed by atoms with Crippen molar-refractivity contribution < 1.29 is 4.79 Å². The maximum absolute atomic E-state index is 12.6. The van der Waals surface area contributed by atoms with Gasteiger partial charge in [-0.05, 0) is 25.0 Å². The Labute approximate surface area is 147 Å². The van der Waals surface area contributed by atoms with E-state index in [0.717, 1.165) is 43.3 Å². The van der Waals surface area contributed by atoms with Gasteiger partial charge in [0.05, 0.1) is 11.0 Å². The predicted molar refractivity (Wildman–Crippen MR) is 102 cm³/mol. The van der Waals surface area contributed by atoms with Gasteiger partial charge in [0.15, 0.2) is 5.65 Å². The van der Waals surface area contributed by atoms with Gasteiger partial charge in [-0.15, -0.1) is 0 Å². The molecule has 0 aliphatic carbocycles. The number of fused-ring (bicyclic) bond motifs is 2. The molecule has 0 aliphatic rings. The summed E-state index contributed by atoms with van der Waals surface area (Å²) >= 11 is 0. The van der Waals surface area contributed by atoms with Gasteiger partial charge in [-0.25, -0.2) is 9.97 Å². The molecule has 1 amide bonds. The van der Waals surface area contributed by atoms with Crippen molar-refractivity contribution >= 4 is 33.9 Å². The first-order valence-electron chi connectivity index (χ1n) is 9.00. The number of carbonyl (C=O) groups excluding carboxylic acids is 1. The molecule has 0 bridgehead atoms. The van der Waals surface area contributed by atoms with Crippen LogP contribution in [0.4, 0.5) is 5.82 Å². The normalized spacial score (nSPS) is 11.3. The van der Waals surface area contributed by atoms with Crippen LogP contribution in [0.2, 0.25) is 0 Å². The molecule has 0 fully saturated rings. The quantitative estimate of drug-likeness (QED) is 0.645. The summed E-state index contributed by atoms with van der Waals surface area (Å²) in [6.45, 7) is 5.53. The van der Waals surface area contributed by atoms with Crippen molar-refractivity contribution in [3.63, 3.8) is 0 Å². The summed E-state index contributed by atoms with van der Waals surface area (Å²) in [7, 11) is 0. The number of hydrogen-bond acceptors (Lipinski definition) is 4. The minimum absolute atomic E-state index is 0.178. The number of nitrogens with two attached hydrogens (primary N) is 1. The van der Waals surface area contributed by atoms with E-state index in [-0.39, 0.29) is 5.91 Å². The van der Waals surface area contributed by atoms with Crippen LogP contribution in [-0.4, -0.2) is 27.0 Å². The third-order valence-electron chi connectivity index (χ3n) is 4.34. The number of rotatable bonds is 7. The van der Waals surface area contributed by atoms with Crippen molar-refractivity contribution in [1.82, 2.24) is 19.9 Å². The van der Waals surface area contributed by atoms with E-state index in [4.69, 9.17) is 15.7 Å². The van der Waals surface area contributed by atoms with Crippen LogP contribution in [0.5, 0.6) is 0 Å². The second-order valence-corrected chi connectivity index (χ2v) is 6.26. The standard InChI is InChI=1S/C19H25N5O/c1-3-5-8-12-24-17(20)15(19(25)21-11-4-2)16-18(24)23-14-10-7-6-9-13(14)22-16/h6-7,9-10H,3-5,8,11-12,20H2,1-2H3,(H,21,25). The fourth-order valence-electron chi connectivity index (χ4n) is 3.01. The number of anilines is 1. The van der Waals surface area contributed by atoms with Gasteiger partial charge >= 0.3 is 0 Å². The summed E-state index contributed by atoms with van der Waals surface area (Å²) in [5.74, 6) is 0.276. The Morgan fingerprint density at radius 1 is 1.12 bits per heavy atom. The van der Waals surface area contributed by atoms with E-state index in [0.29, 0.717) is 29.1 Å². The summed E-state index contributed by atoms with van der Waals surface area (Å²) in [5, 5.41) is 2.91. The maximum atomic E-state index is 12.6. The highest BCUT2D eigenvalue weighted by Gasteiger charge is 2.23. The second kappa shape index (κ2) is 7.51. The summed E-state index contributed by atoms with van der Waals surface area (Å²) < 4.78 is 1.94. The molecular weight excluding hydrogens is 314 g/mol. The molecule has 2 aromatic heterocycles. The first-order valence-corrected chi connectivity index (χ1v) is 9.00. The van der Waals surface area contributed by atoms with Gasteiger partial charge in [-0.1, -0.05) is 38.8 Å². The van der Waals surface area contributed by atoms with Crippen LogP contribution in [0, 0.1) is 0 Å². The fourth-order valence-corrected chi connectivity index (χ4v) is 3.01. The fraction of sp³-hybridized carbons (Fsp3) is 0.421. The van der Waals surface area contributed by atoms with E-state index >= 15 is 0 Å². The summed E-state index contributed by atoms with van der Waals surface area (Å²) in [6, 6.07) is 7.69. The van der Waals surface area contributed by atoms with Crippen molar-refractivity contribution in [2.45, 2.75) is 46.1 Å².